The molecule has 0 saturated carbocycles. The van der Waals surface area contributed by atoms with Crippen LogP contribution >= 0.6 is 22.9 Å². The molecule has 1 aromatic carbocycles. The number of carbonyl (C=O) groups is 1. The van der Waals surface area contributed by atoms with Crippen molar-refractivity contribution in [3.8, 4) is 5.75 Å². The molecule has 1 N–H and O–H groups in total. The molecule has 0 bridgehead atoms. The maximum absolute atomic E-state index is 12.6. The van der Waals surface area contributed by atoms with Crippen LogP contribution in [0.1, 0.15) is 35.9 Å². The number of hydrogen-bond acceptors (Lipinski definition) is 4. The highest BCUT2D eigenvalue weighted by atomic mass is 35.5. The van der Waals surface area contributed by atoms with Crippen LogP contribution in [0.2, 0.25) is 5.02 Å². The van der Waals surface area contributed by atoms with Crippen molar-refractivity contribution in [2.75, 3.05) is 26.7 Å². The molecule has 2 heterocycles. The smallest absolute Gasteiger partial charge is 0.265 e. The quantitative estimate of drug-likeness (QED) is 0.863. The normalized spacial score (nSPS) is 18.7. The molecule has 2 aromatic rings. The van der Waals surface area contributed by atoms with Crippen LogP contribution in [0.15, 0.2) is 18.2 Å². The summed E-state index contributed by atoms with van der Waals surface area (Å²) in [4.78, 5) is 15.6. The fraction of sp³-hybridized carbons (Fsp3) is 0.500. The summed E-state index contributed by atoms with van der Waals surface area (Å²) in [7, 11) is 1.59. The van der Waals surface area contributed by atoms with E-state index in [1.165, 1.54) is 30.6 Å². The minimum atomic E-state index is -0.0752. The second kappa shape index (κ2) is 7.72. The number of piperidine rings is 1. The average Bonchev–Trinajstić information content (AvgIpc) is 2.94. The summed E-state index contributed by atoms with van der Waals surface area (Å²) < 4.78 is 6.47. The van der Waals surface area contributed by atoms with Crippen LogP contribution in [0.5, 0.6) is 5.75 Å². The number of ether oxygens (including phenoxy) is 1. The summed E-state index contributed by atoms with van der Waals surface area (Å²) in [6.45, 7) is 4.94. The van der Waals surface area contributed by atoms with E-state index in [-0.39, 0.29) is 5.91 Å². The largest absolute Gasteiger partial charge is 0.494 e. The monoisotopic (exact) mass is 366 g/mol. The Morgan fingerprint density at radius 1 is 1.46 bits per heavy atom. The zero-order valence-corrected chi connectivity index (χ0v) is 15.7. The van der Waals surface area contributed by atoms with Crippen molar-refractivity contribution in [3.05, 3.63) is 28.1 Å². The molecule has 1 aliphatic heterocycles. The van der Waals surface area contributed by atoms with Gasteiger partial charge in [0.15, 0.2) is 0 Å². The lowest BCUT2D eigenvalue weighted by Crippen LogP contribution is -2.42. The number of hydrogen-bond donors (Lipinski definition) is 1. The number of nitrogens with zero attached hydrogens (tertiary/aromatic N) is 1. The van der Waals surface area contributed by atoms with Gasteiger partial charge in [-0.05, 0) is 44.5 Å². The third-order valence-corrected chi connectivity index (χ3v) is 6.03. The van der Waals surface area contributed by atoms with Gasteiger partial charge in [-0.25, -0.2) is 0 Å². The molecule has 24 heavy (non-hydrogen) atoms. The number of halogens is 1. The number of fused-ring (bicyclic) bond motifs is 1. The van der Waals surface area contributed by atoms with E-state index in [4.69, 9.17) is 16.3 Å². The Labute approximate surface area is 151 Å². The number of rotatable bonds is 5. The van der Waals surface area contributed by atoms with E-state index in [0.717, 1.165) is 23.2 Å². The Kier molecular flexibility index (Phi) is 5.64. The first-order valence-electron chi connectivity index (χ1n) is 8.38. The van der Waals surface area contributed by atoms with Crippen molar-refractivity contribution in [1.82, 2.24) is 10.2 Å². The van der Waals surface area contributed by atoms with Gasteiger partial charge in [-0.1, -0.05) is 18.0 Å². The Hall–Kier alpha value is -1.30. The van der Waals surface area contributed by atoms with Gasteiger partial charge in [-0.2, -0.15) is 0 Å². The lowest BCUT2D eigenvalue weighted by atomic mass is 10.0. The Morgan fingerprint density at radius 3 is 3.04 bits per heavy atom. The number of thiophene rings is 1. The third-order valence-electron chi connectivity index (χ3n) is 4.64. The molecule has 1 aromatic heterocycles. The molecule has 0 unspecified atom stereocenters. The number of likely N-dealkylation sites (tertiary alicyclic amines) is 1. The molecule has 0 aliphatic carbocycles. The molecule has 4 nitrogen and oxygen atoms in total. The number of benzene rings is 1. The summed E-state index contributed by atoms with van der Waals surface area (Å²) >= 11 is 7.51. The van der Waals surface area contributed by atoms with Gasteiger partial charge in [0.25, 0.3) is 5.91 Å². The van der Waals surface area contributed by atoms with Gasteiger partial charge >= 0.3 is 0 Å². The van der Waals surface area contributed by atoms with Crippen LogP contribution in [-0.2, 0) is 0 Å². The fourth-order valence-electron chi connectivity index (χ4n) is 3.28. The zero-order chi connectivity index (χ0) is 17.1. The van der Waals surface area contributed by atoms with Crippen LogP contribution in [-0.4, -0.2) is 43.6 Å². The molecular formula is C18H23ClN2O2S. The van der Waals surface area contributed by atoms with Gasteiger partial charge in [-0.15, -0.1) is 11.3 Å². The lowest BCUT2D eigenvalue weighted by Gasteiger charge is -2.33. The Balaban J connectivity index is 1.67. The second-order valence-corrected chi connectivity index (χ2v) is 7.73. The van der Waals surface area contributed by atoms with Crippen molar-refractivity contribution in [3.63, 3.8) is 0 Å². The first-order valence-corrected chi connectivity index (χ1v) is 9.58. The van der Waals surface area contributed by atoms with Crippen molar-refractivity contribution < 1.29 is 9.53 Å². The van der Waals surface area contributed by atoms with Crippen molar-refractivity contribution in [2.24, 2.45) is 0 Å². The van der Waals surface area contributed by atoms with Crippen LogP contribution in [0.4, 0.5) is 0 Å². The van der Waals surface area contributed by atoms with Gasteiger partial charge < -0.3 is 10.1 Å². The first-order chi connectivity index (χ1) is 11.6. The Bertz CT molecular complexity index is 731. The molecule has 1 amide bonds. The van der Waals surface area contributed by atoms with Crippen LogP contribution in [0, 0.1) is 0 Å². The van der Waals surface area contributed by atoms with Gasteiger partial charge in [-0.3, -0.25) is 9.69 Å². The lowest BCUT2D eigenvalue weighted by molar-refractivity contribution is 0.0940. The van der Waals surface area contributed by atoms with Crippen molar-refractivity contribution in [2.45, 2.75) is 32.2 Å². The first kappa shape index (κ1) is 17.5. The minimum Gasteiger partial charge on any atom is -0.494 e. The predicted octanol–water partition coefficient (Wildman–Crippen LogP) is 4.17. The zero-order valence-electron chi connectivity index (χ0n) is 14.1. The summed E-state index contributed by atoms with van der Waals surface area (Å²) in [6.07, 6.45) is 3.81. The highest BCUT2D eigenvalue weighted by molar-refractivity contribution is 7.21. The number of carbonyl (C=O) groups excluding carboxylic acids is 1. The average molecular weight is 367 g/mol. The fourth-order valence-corrected chi connectivity index (χ4v) is 4.52. The topological polar surface area (TPSA) is 41.6 Å². The van der Waals surface area contributed by atoms with Gasteiger partial charge in [0.2, 0.25) is 0 Å². The number of nitrogens with one attached hydrogen (secondary N) is 1. The molecule has 1 atom stereocenters. The predicted molar refractivity (Wildman–Crippen MR) is 101 cm³/mol. The minimum absolute atomic E-state index is 0.0752. The van der Waals surface area contributed by atoms with Crippen LogP contribution in [0.3, 0.4) is 0 Å². The number of amides is 1. The van der Waals surface area contributed by atoms with Crippen molar-refractivity contribution >= 4 is 38.9 Å². The maximum Gasteiger partial charge on any atom is 0.265 e. The highest BCUT2D eigenvalue weighted by Gasteiger charge is 2.21. The molecule has 6 heteroatoms. The molecule has 1 aliphatic rings. The van der Waals surface area contributed by atoms with E-state index in [0.29, 0.717) is 28.2 Å². The number of methoxy groups -OCH3 is 1. The molecule has 0 spiro atoms. The summed E-state index contributed by atoms with van der Waals surface area (Å²) in [5, 5.41) is 4.57. The highest BCUT2D eigenvalue weighted by Crippen LogP contribution is 2.38. The van der Waals surface area contributed by atoms with Gasteiger partial charge in [0.1, 0.15) is 10.6 Å². The van der Waals surface area contributed by atoms with Crippen LogP contribution < -0.4 is 10.1 Å². The molecular weight excluding hydrogens is 344 g/mol. The second-order valence-electron chi connectivity index (χ2n) is 6.24. The van der Waals surface area contributed by atoms with Crippen LogP contribution in [0.25, 0.3) is 10.1 Å². The SMILES string of the molecule is COc1c(C(=O)NCCN2CCCC[C@@H]2C)sc2ccc(Cl)cc12. The van der Waals surface area contributed by atoms with Gasteiger partial charge in [0.05, 0.1) is 7.11 Å². The maximum atomic E-state index is 12.6. The van der Waals surface area contributed by atoms with E-state index in [1.807, 2.05) is 18.2 Å². The summed E-state index contributed by atoms with van der Waals surface area (Å²) in [5.41, 5.74) is 0. The van der Waals surface area contributed by atoms with E-state index < -0.39 is 0 Å². The standard InChI is InChI=1S/C18H23ClN2O2S/c1-12-5-3-4-9-21(12)10-8-20-18(22)17-16(23-2)14-11-13(19)6-7-15(14)24-17/h6-7,11-12H,3-5,8-10H2,1-2H3,(H,20,22)/t12-/m0/s1. The molecule has 1 saturated heterocycles. The summed E-state index contributed by atoms with van der Waals surface area (Å²) in [6, 6.07) is 6.21. The van der Waals surface area contributed by atoms with E-state index in [9.17, 15) is 4.79 Å². The van der Waals surface area contributed by atoms with E-state index in [2.05, 4.69) is 17.1 Å². The van der Waals surface area contributed by atoms with E-state index >= 15 is 0 Å². The molecule has 130 valence electrons. The summed E-state index contributed by atoms with van der Waals surface area (Å²) in [5.74, 6) is 0.537. The Morgan fingerprint density at radius 2 is 2.29 bits per heavy atom. The molecule has 1 fully saturated rings. The molecule has 3 rings (SSSR count). The third kappa shape index (κ3) is 3.68. The van der Waals surface area contributed by atoms with E-state index in [1.54, 1.807) is 7.11 Å². The van der Waals surface area contributed by atoms with Crippen molar-refractivity contribution in [1.29, 1.82) is 0 Å². The molecule has 0 radical (unpaired) electrons. The van der Waals surface area contributed by atoms with Gasteiger partial charge in [0, 0.05) is 34.2 Å².